The minimum Gasteiger partial charge on any atom is -0.481 e. The van der Waals surface area contributed by atoms with Crippen molar-refractivity contribution in [2.24, 2.45) is 11.3 Å². The van der Waals surface area contributed by atoms with E-state index in [0.717, 1.165) is 32.1 Å². The zero-order valence-electron chi connectivity index (χ0n) is 18.8. The third kappa shape index (κ3) is 6.18. The fourth-order valence-corrected chi connectivity index (χ4v) is 4.65. The SMILES string of the molecule is CC1=C(CC/C(C)=C/CC[C@@]2(C)CC[C@H]([C@H](C)C(=O)O)OO2)C(C)(C)CCC1. The lowest BCUT2D eigenvalue weighted by Gasteiger charge is -2.37. The number of allylic oxidation sites excluding steroid dienone is 4. The molecule has 1 aliphatic carbocycles. The maximum absolute atomic E-state index is 11.1. The van der Waals surface area contributed by atoms with E-state index in [1.54, 1.807) is 18.1 Å². The fourth-order valence-electron chi connectivity index (χ4n) is 4.65. The van der Waals surface area contributed by atoms with Gasteiger partial charge in [0.15, 0.2) is 0 Å². The van der Waals surface area contributed by atoms with E-state index < -0.39 is 11.9 Å². The lowest BCUT2D eigenvalue weighted by molar-refractivity contribution is -0.411. The van der Waals surface area contributed by atoms with Crippen LogP contribution in [0.4, 0.5) is 0 Å². The Morgan fingerprint density at radius 1 is 1.32 bits per heavy atom. The summed E-state index contributed by atoms with van der Waals surface area (Å²) in [5.74, 6) is -1.37. The molecule has 160 valence electrons. The van der Waals surface area contributed by atoms with Gasteiger partial charge in [-0.15, -0.1) is 0 Å². The molecule has 0 aromatic rings. The van der Waals surface area contributed by atoms with Crippen molar-refractivity contribution in [1.82, 2.24) is 0 Å². The van der Waals surface area contributed by atoms with E-state index in [4.69, 9.17) is 14.9 Å². The van der Waals surface area contributed by atoms with Gasteiger partial charge in [0.1, 0.15) is 11.7 Å². The maximum atomic E-state index is 11.1. The van der Waals surface area contributed by atoms with Gasteiger partial charge in [0.2, 0.25) is 0 Å². The molecule has 0 amide bonds. The molecule has 0 radical (unpaired) electrons. The Balaban J connectivity index is 1.79. The van der Waals surface area contributed by atoms with Crippen LogP contribution in [-0.2, 0) is 14.6 Å². The molecule has 3 atom stereocenters. The van der Waals surface area contributed by atoms with Gasteiger partial charge < -0.3 is 5.11 Å². The maximum Gasteiger partial charge on any atom is 0.308 e. The molecular formula is C24H40O4. The normalized spacial score (nSPS) is 29.6. The summed E-state index contributed by atoms with van der Waals surface area (Å²) in [6.45, 7) is 13.1. The Kier molecular flexibility index (Phi) is 7.92. The van der Waals surface area contributed by atoms with Crippen molar-refractivity contribution < 1.29 is 19.7 Å². The molecule has 4 nitrogen and oxygen atoms in total. The summed E-state index contributed by atoms with van der Waals surface area (Å²) in [5.41, 5.74) is 4.75. The average Bonchev–Trinajstić information content (AvgIpc) is 2.60. The summed E-state index contributed by atoms with van der Waals surface area (Å²) < 4.78 is 0. The molecule has 0 saturated carbocycles. The number of carboxylic acids is 1. The number of hydrogen-bond acceptors (Lipinski definition) is 3. The Morgan fingerprint density at radius 3 is 2.61 bits per heavy atom. The van der Waals surface area contributed by atoms with Crippen molar-refractivity contribution in [2.45, 2.75) is 111 Å². The first-order chi connectivity index (χ1) is 13.0. The molecule has 28 heavy (non-hydrogen) atoms. The summed E-state index contributed by atoms with van der Waals surface area (Å²) in [6.07, 6.45) is 11.6. The first kappa shape index (κ1) is 23.2. The van der Waals surface area contributed by atoms with Gasteiger partial charge in [0.05, 0.1) is 5.92 Å². The molecule has 1 saturated heterocycles. The molecule has 0 spiro atoms. The summed E-state index contributed by atoms with van der Waals surface area (Å²) in [7, 11) is 0. The van der Waals surface area contributed by atoms with Crippen LogP contribution < -0.4 is 0 Å². The first-order valence-electron chi connectivity index (χ1n) is 11.0. The second-order valence-corrected chi connectivity index (χ2v) is 9.92. The van der Waals surface area contributed by atoms with Crippen molar-refractivity contribution in [3.63, 3.8) is 0 Å². The van der Waals surface area contributed by atoms with Crippen LogP contribution in [0.3, 0.4) is 0 Å². The quantitative estimate of drug-likeness (QED) is 0.373. The number of rotatable bonds is 8. The van der Waals surface area contributed by atoms with Gasteiger partial charge in [-0.05, 0) is 90.9 Å². The third-order valence-electron chi connectivity index (χ3n) is 6.90. The van der Waals surface area contributed by atoms with Crippen LogP contribution in [0.15, 0.2) is 22.8 Å². The number of carbonyl (C=O) groups is 1. The predicted octanol–water partition coefficient (Wildman–Crippen LogP) is 6.61. The molecule has 0 aromatic carbocycles. The van der Waals surface area contributed by atoms with E-state index >= 15 is 0 Å². The van der Waals surface area contributed by atoms with Crippen molar-refractivity contribution in [1.29, 1.82) is 0 Å². The third-order valence-corrected chi connectivity index (χ3v) is 6.90. The molecule has 0 unspecified atom stereocenters. The first-order valence-corrected chi connectivity index (χ1v) is 11.0. The van der Waals surface area contributed by atoms with E-state index in [0.29, 0.717) is 5.41 Å². The Morgan fingerprint density at radius 2 is 2.04 bits per heavy atom. The highest BCUT2D eigenvalue weighted by molar-refractivity contribution is 5.70. The van der Waals surface area contributed by atoms with Gasteiger partial charge in [-0.25, -0.2) is 9.78 Å². The summed E-state index contributed by atoms with van der Waals surface area (Å²) in [5, 5.41) is 9.11. The van der Waals surface area contributed by atoms with Gasteiger partial charge in [0.25, 0.3) is 0 Å². The van der Waals surface area contributed by atoms with Crippen LogP contribution in [0.1, 0.15) is 99.3 Å². The summed E-state index contributed by atoms with van der Waals surface area (Å²) in [6, 6.07) is 0. The molecule has 1 aliphatic heterocycles. The minimum atomic E-state index is -0.831. The summed E-state index contributed by atoms with van der Waals surface area (Å²) >= 11 is 0. The predicted molar refractivity (Wildman–Crippen MR) is 113 cm³/mol. The van der Waals surface area contributed by atoms with Crippen LogP contribution in [0.2, 0.25) is 0 Å². The molecule has 1 fully saturated rings. The highest BCUT2D eigenvalue weighted by atomic mass is 17.2. The standard InChI is InChI=1S/C24H40O4/c1-17(11-12-20-18(2)10-8-14-23(20,4)5)9-7-15-24(6)16-13-21(27-28-24)19(3)22(25)26/h9,19,21H,7-8,10-16H2,1-6H3,(H,25,26)/b17-9+/t19-,21+,24-/m0/s1. The van der Waals surface area contributed by atoms with E-state index in [2.05, 4.69) is 40.7 Å². The van der Waals surface area contributed by atoms with Crippen LogP contribution in [0, 0.1) is 11.3 Å². The second-order valence-electron chi connectivity index (χ2n) is 9.92. The Labute approximate surface area is 171 Å². The van der Waals surface area contributed by atoms with Gasteiger partial charge in [0, 0.05) is 0 Å². The van der Waals surface area contributed by atoms with Crippen LogP contribution >= 0.6 is 0 Å². The molecule has 1 N–H and O–H groups in total. The largest absolute Gasteiger partial charge is 0.481 e. The molecule has 1 heterocycles. The monoisotopic (exact) mass is 392 g/mol. The van der Waals surface area contributed by atoms with Gasteiger partial charge in [-0.1, -0.05) is 36.6 Å². The zero-order valence-corrected chi connectivity index (χ0v) is 18.8. The van der Waals surface area contributed by atoms with Crippen LogP contribution in [-0.4, -0.2) is 22.8 Å². The molecule has 0 aromatic heterocycles. The van der Waals surface area contributed by atoms with E-state index in [1.807, 2.05) is 0 Å². The lowest BCUT2D eigenvalue weighted by Crippen LogP contribution is -2.41. The van der Waals surface area contributed by atoms with Crippen molar-refractivity contribution in [3.05, 3.63) is 22.8 Å². The highest BCUT2D eigenvalue weighted by Gasteiger charge is 2.37. The highest BCUT2D eigenvalue weighted by Crippen LogP contribution is 2.42. The van der Waals surface area contributed by atoms with E-state index in [-0.39, 0.29) is 11.7 Å². The Hall–Kier alpha value is -1.13. The van der Waals surface area contributed by atoms with Crippen LogP contribution in [0.5, 0.6) is 0 Å². The number of carboxylic acid groups (broad SMARTS) is 1. The van der Waals surface area contributed by atoms with Gasteiger partial charge in [-0.2, -0.15) is 0 Å². The number of hydrogen-bond donors (Lipinski definition) is 1. The average molecular weight is 393 g/mol. The van der Waals surface area contributed by atoms with E-state index in [1.165, 1.54) is 31.3 Å². The van der Waals surface area contributed by atoms with Gasteiger partial charge >= 0.3 is 5.97 Å². The second kappa shape index (κ2) is 9.58. The number of aliphatic carboxylic acids is 1. The fraction of sp³-hybridized carbons (Fsp3) is 0.792. The minimum absolute atomic E-state index is 0.323. The molecule has 2 rings (SSSR count). The molecule has 4 heteroatoms. The Bertz CT molecular complexity index is 606. The van der Waals surface area contributed by atoms with Crippen molar-refractivity contribution in [2.75, 3.05) is 0 Å². The molecular weight excluding hydrogens is 352 g/mol. The van der Waals surface area contributed by atoms with Crippen molar-refractivity contribution in [3.8, 4) is 0 Å². The smallest absolute Gasteiger partial charge is 0.308 e. The van der Waals surface area contributed by atoms with Gasteiger partial charge in [-0.3, -0.25) is 4.79 Å². The van der Waals surface area contributed by atoms with E-state index in [9.17, 15) is 4.79 Å². The topological polar surface area (TPSA) is 55.8 Å². The van der Waals surface area contributed by atoms with Crippen molar-refractivity contribution >= 4 is 5.97 Å². The molecule has 0 bridgehead atoms. The lowest BCUT2D eigenvalue weighted by atomic mass is 9.71. The summed E-state index contributed by atoms with van der Waals surface area (Å²) in [4.78, 5) is 22.2. The molecule has 2 aliphatic rings. The zero-order chi connectivity index (χ0) is 20.9. The van der Waals surface area contributed by atoms with Crippen LogP contribution in [0.25, 0.3) is 0 Å².